The maximum Gasteiger partial charge on any atom is 0.262 e. The van der Waals surface area contributed by atoms with E-state index in [1.165, 1.54) is 12.8 Å². The number of carbonyl (C=O) groups excluding carboxylic acids is 1. The number of ether oxygens (including phenoxy) is 1. The number of hydrogen-bond donors (Lipinski definition) is 0. The molecule has 2 aromatic rings. The average Bonchev–Trinajstić information content (AvgIpc) is 3.23. The number of aromatic nitrogens is 2. The van der Waals surface area contributed by atoms with Gasteiger partial charge in [-0.05, 0) is 37.1 Å². The van der Waals surface area contributed by atoms with Crippen LogP contribution in [0.15, 0.2) is 30.5 Å². The van der Waals surface area contributed by atoms with E-state index in [9.17, 15) is 4.79 Å². The molecule has 0 unspecified atom stereocenters. The Kier molecular flexibility index (Phi) is 3.37. The number of hydrogen-bond acceptors (Lipinski definition) is 5. The molecule has 0 aliphatic carbocycles. The molecule has 0 bridgehead atoms. The topological polar surface area (TPSA) is 58.6 Å². The zero-order chi connectivity index (χ0) is 15.8. The van der Waals surface area contributed by atoms with E-state index in [1.807, 2.05) is 24.3 Å². The van der Waals surface area contributed by atoms with E-state index in [4.69, 9.17) is 4.74 Å². The van der Waals surface area contributed by atoms with E-state index in [-0.39, 0.29) is 5.91 Å². The van der Waals surface area contributed by atoms with Gasteiger partial charge in [-0.1, -0.05) is 0 Å². The summed E-state index contributed by atoms with van der Waals surface area (Å²) in [6.07, 6.45) is 4.02. The van der Waals surface area contributed by atoms with Crippen molar-refractivity contribution in [3.63, 3.8) is 0 Å². The van der Waals surface area contributed by atoms with E-state index in [2.05, 4.69) is 14.9 Å². The second-order valence-corrected chi connectivity index (χ2v) is 5.81. The number of fused-ring (bicyclic) bond motifs is 1. The minimum absolute atomic E-state index is 0.0434. The number of benzene rings is 1. The minimum atomic E-state index is -0.0434. The number of nitrogens with zero attached hydrogens (tertiary/aromatic N) is 4. The predicted octanol–water partition coefficient (Wildman–Crippen LogP) is 2.25. The molecule has 6 nitrogen and oxygen atoms in total. The fourth-order valence-electron chi connectivity index (χ4n) is 3.11. The van der Waals surface area contributed by atoms with Crippen LogP contribution in [0.4, 0.5) is 11.6 Å². The molecule has 4 rings (SSSR count). The molecule has 0 atom stereocenters. The molecule has 0 radical (unpaired) electrons. The largest absolute Gasteiger partial charge is 0.497 e. The van der Waals surface area contributed by atoms with E-state index in [0.29, 0.717) is 12.1 Å². The Balaban J connectivity index is 1.61. The number of rotatable bonds is 3. The molecule has 3 heterocycles. The van der Waals surface area contributed by atoms with Crippen LogP contribution >= 0.6 is 0 Å². The molecule has 2 aliphatic heterocycles. The van der Waals surface area contributed by atoms with Crippen LogP contribution in [0.2, 0.25) is 0 Å². The van der Waals surface area contributed by atoms with Crippen LogP contribution in [0, 0.1) is 0 Å². The summed E-state index contributed by atoms with van der Waals surface area (Å²) >= 11 is 0. The van der Waals surface area contributed by atoms with Gasteiger partial charge in [0.2, 0.25) is 5.95 Å². The van der Waals surface area contributed by atoms with Crippen molar-refractivity contribution in [2.75, 3.05) is 30.0 Å². The zero-order valence-corrected chi connectivity index (χ0v) is 13.0. The molecule has 23 heavy (non-hydrogen) atoms. The van der Waals surface area contributed by atoms with Crippen LogP contribution in [0.25, 0.3) is 0 Å². The summed E-state index contributed by atoms with van der Waals surface area (Å²) in [5.74, 6) is 1.47. The normalized spacial score (nSPS) is 16.8. The highest BCUT2D eigenvalue weighted by atomic mass is 16.5. The molecule has 1 aromatic carbocycles. The van der Waals surface area contributed by atoms with Crippen LogP contribution in [-0.4, -0.2) is 36.1 Å². The van der Waals surface area contributed by atoms with Crippen molar-refractivity contribution < 1.29 is 9.53 Å². The highest BCUT2D eigenvalue weighted by Crippen LogP contribution is 2.29. The van der Waals surface area contributed by atoms with E-state index < -0.39 is 0 Å². The summed E-state index contributed by atoms with van der Waals surface area (Å²) < 4.78 is 5.16. The van der Waals surface area contributed by atoms with Crippen LogP contribution in [0.3, 0.4) is 0 Å². The van der Waals surface area contributed by atoms with Gasteiger partial charge in [0.05, 0.1) is 24.9 Å². The Morgan fingerprint density at radius 3 is 2.57 bits per heavy atom. The Morgan fingerprint density at radius 1 is 1.13 bits per heavy atom. The van der Waals surface area contributed by atoms with Crippen LogP contribution in [0.5, 0.6) is 5.75 Å². The SMILES string of the molecule is COc1ccc(N2Cc3nc(N4CCCC4)ncc3C2=O)cc1. The second-order valence-electron chi connectivity index (χ2n) is 5.81. The third-order valence-electron chi connectivity index (χ3n) is 4.41. The third kappa shape index (κ3) is 2.40. The van der Waals surface area contributed by atoms with Crippen molar-refractivity contribution >= 4 is 17.5 Å². The highest BCUT2D eigenvalue weighted by Gasteiger charge is 2.31. The molecule has 1 aromatic heterocycles. The maximum atomic E-state index is 12.6. The first kappa shape index (κ1) is 14.0. The third-order valence-corrected chi connectivity index (χ3v) is 4.41. The van der Waals surface area contributed by atoms with Gasteiger partial charge in [0.15, 0.2) is 0 Å². The molecular weight excluding hydrogens is 292 g/mol. The van der Waals surface area contributed by atoms with Gasteiger partial charge in [-0.15, -0.1) is 0 Å². The molecule has 0 saturated carbocycles. The lowest BCUT2D eigenvalue weighted by Crippen LogP contribution is -2.22. The van der Waals surface area contributed by atoms with Gasteiger partial charge >= 0.3 is 0 Å². The first-order valence-corrected chi connectivity index (χ1v) is 7.83. The highest BCUT2D eigenvalue weighted by molar-refractivity contribution is 6.09. The van der Waals surface area contributed by atoms with Crippen molar-refractivity contribution in [3.8, 4) is 5.75 Å². The fraction of sp³-hybridized carbons (Fsp3) is 0.353. The lowest BCUT2D eigenvalue weighted by atomic mass is 10.2. The molecule has 1 amide bonds. The molecular formula is C17H18N4O2. The smallest absolute Gasteiger partial charge is 0.262 e. The van der Waals surface area contributed by atoms with Crippen molar-refractivity contribution in [2.24, 2.45) is 0 Å². The Morgan fingerprint density at radius 2 is 1.87 bits per heavy atom. The summed E-state index contributed by atoms with van der Waals surface area (Å²) in [6, 6.07) is 7.48. The first-order chi connectivity index (χ1) is 11.3. The molecule has 6 heteroatoms. The van der Waals surface area contributed by atoms with Gasteiger partial charge in [-0.25, -0.2) is 9.97 Å². The number of amides is 1. The molecule has 1 fully saturated rings. The average molecular weight is 310 g/mol. The lowest BCUT2D eigenvalue weighted by Gasteiger charge is -2.15. The summed E-state index contributed by atoms with van der Waals surface area (Å²) in [6.45, 7) is 2.48. The van der Waals surface area contributed by atoms with E-state index in [1.54, 1.807) is 18.2 Å². The minimum Gasteiger partial charge on any atom is -0.497 e. The second kappa shape index (κ2) is 5.53. The fourth-order valence-corrected chi connectivity index (χ4v) is 3.11. The van der Waals surface area contributed by atoms with Gasteiger partial charge in [0.1, 0.15) is 5.75 Å². The standard InChI is InChI=1S/C17H18N4O2/c1-23-13-6-4-12(5-7-13)21-11-15-14(16(21)22)10-18-17(19-15)20-8-2-3-9-20/h4-7,10H,2-3,8-9,11H2,1H3. The summed E-state index contributed by atoms with van der Waals surface area (Å²) in [4.78, 5) is 25.5. The van der Waals surface area contributed by atoms with Crippen molar-refractivity contribution in [3.05, 3.63) is 41.7 Å². The van der Waals surface area contributed by atoms with Crippen LogP contribution < -0.4 is 14.5 Å². The Hall–Kier alpha value is -2.63. The molecule has 0 spiro atoms. The molecule has 0 N–H and O–H groups in total. The Labute approximate surface area is 134 Å². The maximum absolute atomic E-state index is 12.6. The van der Waals surface area contributed by atoms with Crippen molar-refractivity contribution in [1.82, 2.24) is 9.97 Å². The Bertz CT molecular complexity index is 739. The van der Waals surface area contributed by atoms with Gasteiger partial charge in [0.25, 0.3) is 5.91 Å². The van der Waals surface area contributed by atoms with Gasteiger partial charge < -0.3 is 14.5 Å². The van der Waals surface area contributed by atoms with Crippen molar-refractivity contribution in [2.45, 2.75) is 19.4 Å². The summed E-state index contributed by atoms with van der Waals surface area (Å²) in [5.41, 5.74) is 2.25. The van der Waals surface area contributed by atoms with Crippen molar-refractivity contribution in [1.29, 1.82) is 0 Å². The number of methoxy groups -OCH3 is 1. The zero-order valence-electron chi connectivity index (χ0n) is 13.0. The van der Waals surface area contributed by atoms with Crippen LogP contribution in [-0.2, 0) is 6.54 Å². The predicted molar refractivity (Wildman–Crippen MR) is 87.0 cm³/mol. The number of anilines is 2. The van der Waals surface area contributed by atoms with Crippen LogP contribution in [0.1, 0.15) is 28.9 Å². The van der Waals surface area contributed by atoms with Gasteiger partial charge in [0, 0.05) is 25.0 Å². The van der Waals surface area contributed by atoms with Gasteiger partial charge in [-0.3, -0.25) is 4.79 Å². The van der Waals surface area contributed by atoms with E-state index in [0.717, 1.165) is 36.2 Å². The molecule has 1 saturated heterocycles. The first-order valence-electron chi connectivity index (χ1n) is 7.83. The molecule has 2 aliphatic rings. The van der Waals surface area contributed by atoms with E-state index >= 15 is 0 Å². The molecule has 118 valence electrons. The van der Waals surface area contributed by atoms with Gasteiger partial charge in [-0.2, -0.15) is 0 Å². The summed E-state index contributed by atoms with van der Waals surface area (Å²) in [7, 11) is 1.63. The quantitative estimate of drug-likeness (QED) is 0.870. The lowest BCUT2D eigenvalue weighted by molar-refractivity contribution is 0.0996. The number of carbonyl (C=O) groups is 1. The monoisotopic (exact) mass is 310 g/mol. The summed E-state index contributed by atoms with van der Waals surface area (Å²) in [5, 5.41) is 0.